The number of fused-ring (bicyclic) bond motifs is 6. The number of hydroxylamine groups is 2. The number of hydrogen-bond donors (Lipinski definition) is 4. The summed E-state index contributed by atoms with van der Waals surface area (Å²) < 4.78 is 10.6. The van der Waals surface area contributed by atoms with Gasteiger partial charge in [-0.1, -0.05) is 79.6 Å². The smallest absolute Gasteiger partial charge is 0.465 e. The van der Waals surface area contributed by atoms with Gasteiger partial charge < -0.3 is 30.7 Å². The van der Waals surface area contributed by atoms with Crippen LogP contribution < -0.4 is 21.3 Å². The number of anilines is 2. The van der Waals surface area contributed by atoms with E-state index in [-0.39, 0.29) is 80.6 Å². The molecule has 0 saturated carbocycles. The van der Waals surface area contributed by atoms with Crippen LogP contribution in [0.25, 0.3) is 22.3 Å². The average molecular weight is 916 g/mol. The van der Waals surface area contributed by atoms with E-state index in [1.165, 1.54) is 29.2 Å². The van der Waals surface area contributed by atoms with Gasteiger partial charge in [0.05, 0.1) is 0 Å². The van der Waals surface area contributed by atoms with E-state index in [9.17, 15) is 38.4 Å². The molecule has 1 saturated heterocycles. The van der Waals surface area contributed by atoms with Crippen molar-refractivity contribution in [3.8, 4) is 22.3 Å². The molecule has 4 aromatic rings. The Labute approximate surface area is 389 Å². The minimum atomic E-state index is -1.22. The number of nitrogens with one attached hydrogen (secondary N) is 4. The van der Waals surface area contributed by atoms with E-state index in [0.717, 1.165) is 35.1 Å². The fourth-order valence-corrected chi connectivity index (χ4v) is 8.22. The monoisotopic (exact) mass is 915 g/mol. The van der Waals surface area contributed by atoms with Gasteiger partial charge in [-0.2, -0.15) is 0 Å². The van der Waals surface area contributed by atoms with Gasteiger partial charge in [0.25, 0.3) is 11.8 Å². The minimum Gasteiger partial charge on any atom is -0.465 e. The molecule has 7 rings (SSSR count). The van der Waals surface area contributed by atoms with Crippen molar-refractivity contribution in [2.24, 2.45) is 0 Å². The van der Waals surface area contributed by atoms with E-state index in [0.29, 0.717) is 49.0 Å². The fraction of sp³-hybridized carbons (Fsp3) is 0.373. The standard InChI is InChI=1S/C35H43N5O9.C16H14O2/c1-3-17-36-29(41)7-5-9-31(43)38-22-11-13-24-25-14-12-23(39-32(44)10-6-8-30(42)37-18-4-2)20-27(25)28(26(24)19-22)21-48-35(47)49-40-33(45)15-16-34(40)46;1-11(17)18-10-16-14-8-4-2-6-12(14)13-7-3-5-9-15(13)16/h11-14,19-20,28H,3-10,15-18,21H2,1-2H3,(H,36,41)(H,37,42)(H,38,43)(H,39,44);2-9,16H,10H2,1H3. The molecule has 6 amide bonds. The van der Waals surface area contributed by atoms with E-state index in [4.69, 9.17) is 14.3 Å². The van der Waals surface area contributed by atoms with Crippen molar-refractivity contribution in [2.75, 3.05) is 36.9 Å². The van der Waals surface area contributed by atoms with Crippen molar-refractivity contribution in [1.82, 2.24) is 15.7 Å². The molecule has 67 heavy (non-hydrogen) atoms. The van der Waals surface area contributed by atoms with Crippen molar-refractivity contribution in [3.05, 3.63) is 107 Å². The quantitative estimate of drug-likeness (QED) is 0.0529. The first-order chi connectivity index (χ1) is 32.4. The van der Waals surface area contributed by atoms with Gasteiger partial charge in [0.1, 0.15) is 13.2 Å². The van der Waals surface area contributed by atoms with Gasteiger partial charge in [-0.3, -0.25) is 38.4 Å². The Morgan fingerprint density at radius 2 is 0.970 bits per heavy atom. The van der Waals surface area contributed by atoms with Crippen LogP contribution in [0.5, 0.6) is 0 Å². The highest BCUT2D eigenvalue weighted by Crippen LogP contribution is 2.47. The topological polar surface area (TPSA) is 216 Å². The third-order valence-corrected chi connectivity index (χ3v) is 11.4. The highest BCUT2D eigenvalue weighted by atomic mass is 16.8. The van der Waals surface area contributed by atoms with Gasteiger partial charge in [-0.05, 0) is 94.5 Å². The molecular weight excluding hydrogens is 859 g/mol. The molecule has 0 bridgehead atoms. The number of carbonyl (C=O) groups excluding carboxylic acids is 8. The normalized spacial score (nSPS) is 13.3. The lowest BCUT2D eigenvalue weighted by Gasteiger charge is -2.17. The summed E-state index contributed by atoms with van der Waals surface area (Å²) in [6.45, 7) is 6.74. The third-order valence-electron chi connectivity index (χ3n) is 11.4. The molecule has 0 unspecified atom stereocenters. The molecule has 16 nitrogen and oxygen atoms in total. The summed E-state index contributed by atoms with van der Waals surface area (Å²) in [5.41, 5.74) is 9.12. The number of ether oxygens (including phenoxy) is 2. The average Bonchev–Trinajstić information content (AvgIpc) is 3.92. The number of esters is 1. The molecule has 4 N–H and O–H groups in total. The number of hydrogen-bond acceptors (Lipinski definition) is 11. The molecule has 2 aliphatic carbocycles. The van der Waals surface area contributed by atoms with Crippen LogP contribution in [0.1, 0.15) is 119 Å². The number of benzene rings is 4. The molecule has 0 radical (unpaired) electrons. The SMILES string of the molecule is CC(=O)OCC1c2ccccc2-c2ccccc21.CCCNC(=O)CCCC(=O)Nc1ccc2c(c1)C(COC(=O)ON1C(=O)CCC1=O)c1cc(NC(=O)CCCC(=O)NCCC)ccc1-2. The highest BCUT2D eigenvalue weighted by molar-refractivity contribution is 6.01. The van der Waals surface area contributed by atoms with Crippen molar-refractivity contribution in [1.29, 1.82) is 0 Å². The van der Waals surface area contributed by atoms with E-state index < -0.39 is 23.9 Å². The van der Waals surface area contributed by atoms with Gasteiger partial charge in [0, 0.05) is 81.7 Å². The molecule has 16 heteroatoms. The Balaban J connectivity index is 0.000000339. The highest BCUT2D eigenvalue weighted by Gasteiger charge is 2.35. The van der Waals surface area contributed by atoms with E-state index >= 15 is 0 Å². The molecule has 1 heterocycles. The fourth-order valence-electron chi connectivity index (χ4n) is 8.22. The molecule has 0 atom stereocenters. The molecule has 3 aliphatic rings. The van der Waals surface area contributed by atoms with Gasteiger partial charge in [0.15, 0.2) is 0 Å². The van der Waals surface area contributed by atoms with Crippen molar-refractivity contribution in [2.45, 2.75) is 96.8 Å². The summed E-state index contributed by atoms with van der Waals surface area (Å²) in [4.78, 5) is 101. The van der Waals surface area contributed by atoms with E-state index in [2.05, 4.69) is 45.5 Å². The number of imide groups is 1. The van der Waals surface area contributed by atoms with Crippen molar-refractivity contribution < 1.29 is 52.7 Å². The second-order valence-electron chi connectivity index (χ2n) is 16.4. The first-order valence-corrected chi connectivity index (χ1v) is 22.8. The molecule has 0 aromatic heterocycles. The maximum absolute atomic E-state index is 12.7. The second kappa shape index (κ2) is 23.7. The second-order valence-corrected chi connectivity index (χ2v) is 16.4. The first kappa shape index (κ1) is 49.1. The lowest BCUT2D eigenvalue weighted by molar-refractivity contribution is -0.177. The van der Waals surface area contributed by atoms with Gasteiger partial charge in [-0.25, -0.2) is 4.79 Å². The van der Waals surface area contributed by atoms with Crippen LogP contribution in [0, 0.1) is 0 Å². The number of amides is 6. The van der Waals surface area contributed by atoms with Crippen LogP contribution in [-0.2, 0) is 47.9 Å². The summed E-state index contributed by atoms with van der Waals surface area (Å²) in [5, 5.41) is 11.7. The maximum Gasteiger partial charge on any atom is 0.533 e. The summed E-state index contributed by atoms with van der Waals surface area (Å²) in [6.07, 6.45) is 1.87. The number of carbonyl (C=O) groups is 8. The van der Waals surface area contributed by atoms with Crippen LogP contribution in [0.2, 0.25) is 0 Å². The van der Waals surface area contributed by atoms with Crippen molar-refractivity contribution in [3.63, 3.8) is 0 Å². The third kappa shape index (κ3) is 13.1. The summed E-state index contributed by atoms with van der Waals surface area (Å²) in [7, 11) is 0. The summed E-state index contributed by atoms with van der Waals surface area (Å²) in [6, 6.07) is 27.4. The zero-order valence-corrected chi connectivity index (χ0v) is 38.1. The van der Waals surface area contributed by atoms with Gasteiger partial charge in [0.2, 0.25) is 23.6 Å². The molecule has 0 spiro atoms. The molecule has 352 valence electrons. The van der Waals surface area contributed by atoms with Crippen LogP contribution in [0.15, 0.2) is 84.9 Å². The predicted molar refractivity (Wildman–Crippen MR) is 249 cm³/mol. The van der Waals surface area contributed by atoms with Crippen LogP contribution in [0.3, 0.4) is 0 Å². The Kier molecular flexibility index (Phi) is 17.4. The largest absolute Gasteiger partial charge is 0.533 e. The van der Waals surface area contributed by atoms with Crippen LogP contribution >= 0.6 is 0 Å². The molecule has 4 aromatic carbocycles. The van der Waals surface area contributed by atoms with Crippen LogP contribution in [-0.4, -0.2) is 78.9 Å². The van der Waals surface area contributed by atoms with Gasteiger partial charge in [-0.15, -0.1) is 0 Å². The Bertz CT molecular complexity index is 2350. The van der Waals surface area contributed by atoms with Gasteiger partial charge >= 0.3 is 12.1 Å². The Morgan fingerprint density at radius 1 is 0.552 bits per heavy atom. The van der Waals surface area contributed by atoms with E-state index in [1.54, 1.807) is 24.3 Å². The van der Waals surface area contributed by atoms with E-state index in [1.807, 2.05) is 50.2 Å². The lowest BCUT2D eigenvalue weighted by Crippen LogP contribution is -2.32. The summed E-state index contributed by atoms with van der Waals surface area (Å²) >= 11 is 0. The summed E-state index contributed by atoms with van der Waals surface area (Å²) in [5.74, 6) is -2.61. The number of nitrogens with zero attached hydrogens (tertiary/aromatic N) is 1. The van der Waals surface area contributed by atoms with Crippen LogP contribution in [0.4, 0.5) is 16.2 Å². The maximum atomic E-state index is 12.7. The number of rotatable bonds is 19. The zero-order chi connectivity index (χ0) is 47.9. The first-order valence-electron chi connectivity index (χ1n) is 22.8. The minimum absolute atomic E-state index is 0.0589. The lowest BCUT2D eigenvalue weighted by atomic mass is 9.97. The molecule has 1 aliphatic heterocycles. The Morgan fingerprint density at radius 3 is 1.43 bits per heavy atom. The Hall–Kier alpha value is -7.36. The molecule has 1 fully saturated rings. The van der Waals surface area contributed by atoms with Crippen molar-refractivity contribution >= 4 is 58.9 Å². The predicted octanol–water partition coefficient (Wildman–Crippen LogP) is 7.65. The zero-order valence-electron chi connectivity index (χ0n) is 38.1. The molecular formula is C51H57N5O11.